The summed E-state index contributed by atoms with van der Waals surface area (Å²) < 4.78 is 21.5. The molecule has 1 saturated heterocycles. The van der Waals surface area contributed by atoms with Crippen LogP contribution in [-0.4, -0.2) is 50.9 Å². The maximum atomic E-state index is 13.2. The van der Waals surface area contributed by atoms with Crippen LogP contribution in [0.4, 0.5) is 10.1 Å². The van der Waals surface area contributed by atoms with E-state index in [9.17, 15) is 23.9 Å². The Kier molecular flexibility index (Phi) is 8.10. The van der Waals surface area contributed by atoms with Gasteiger partial charge in [0.25, 0.3) is 11.5 Å². The molecule has 0 spiro atoms. The lowest BCUT2D eigenvalue weighted by atomic mass is 10.2. The fourth-order valence-corrected chi connectivity index (χ4v) is 4.23. The summed E-state index contributed by atoms with van der Waals surface area (Å²) in [5.41, 5.74) is 5.32. The third-order valence-corrected chi connectivity index (χ3v) is 6.18. The van der Waals surface area contributed by atoms with Gasteiger partial charge >= 0.3 is 5.69 Å². The maximum Gasteiger partial charge on any atom is 0.333 e. The number of rotatable bonds is 9. The van der Waals surface area contributed by atoms with Gasteiger partial charge in [-0.15, -0.1) is 0 Å². The van der Waals surface area contributed by atoms with Crippen LogP contribution in [0.25, 0.3) is 0 Å². The number of carbonyl (C=O) groups excluding carboxylic acids is 1. The average Bonchev–Trinajstić information content (AvgIpc) is 3.26. The molecule has 2 heterocycles. The number of nitrogens with zero attached hydrogens (tertiary/aromatic N) is 2. The van der Waals surface area contributed by atoms with Crippen molar-refractivity contribution in [1.29, 1.82) is 0 Å². The Morgan fingerprint density at radius 3 is 2.81 bits per heavy atom. The number of aromatic nitrogens is 2. The molecule has 4 N–H and O–H groups in total. The molecule has 2 atom stereocenters. The lowest BCUT2D eigenvalue weighted by Crippen LogP contribution is -2.42. The molecule has 1 aromatic carbocycles. The molecule has 0 bridgehead atoms. The minimum Gasteiger partial charge on any atom is -0.396 e. The van der Waals surface area contributed by atoms with Gasteiger partial charge in [0.2, 0.25) is 0 Å². The van der Waals surface area contributed by atoms with Gasteiger partial charge in [-0.3, -0.25) is 18.7 Å². The normalized spacial score (nSPS) is 18.1. The second kappa shape index (κ2) is 10.8. The van der Waals surface area contributed by atoms with Crippen LogP contribution in [0.2, 0.25) is 0 Å². The summed E-state index contributed by atoms with van der Waals surface area (Å²) in [5.74, 6) is 0.146. The fraction of sp³-hybridized carbons (Fsp3) is 0.476. The molecule has 1 amide bonds. The first-order valence-electron chi connectivity index (χ1n) is 10.3. The first-order valence-corrected chi connectivity index (χ1v) is 11.5. The van der Waals surface area contributed by atoms with Gasteiger partial charge in [0.1, 0.15) is 12.0 Å². The van der Waals surface area contributed by atoms with Crippen LogP contribution in [0.3, 0.4) is 0 Å². The molecule has 2 aromatic rings. The average molecular weight is 467 g/mol. The number of benzene rings is 1. The SMILES string of the molecule is Cc1cn([C@H]2CC[C@@H](CO)O2)c(=O)n(CCSCCNC(=O)c2ccc(F)c(N)c2)c1=O. The highest BCUT2D eigenvalue weighted by Gasteiger charge is 2.27. The van der Waals surface area contributed by atoms with Gasteiger partial charge in [0.05, 0.1) is 18.4 Å². The van der Waals surface area contributed by atoms with Crippen LogP contribution < -0.4 is 22.3 Å². The predicted molar refractivity (Wildman–Crippen MR) is 120 cm³/mol. The summed E-state index contributed by atoms with van der Waals surface area (Å²) in [7, 11) is 0. The molecule has 0 saturated carbocycles. The molecule has 174 valence electrons. The van der Waals surface area contributed by atoms with Crippen molar-refractivity contribution in [3.8, 4) is 0 Å². The van der Waals surface area contributed by atoms with E-state index in [0.29, 0.717) is 36.5 Å². The van der Waals surface area contributed by atoms with E-state index in [1.165, 1.54) is 39.2 Å². The number of aryl methyl sites for hydroxylation is 1. The van der Waals surface area contributed by atoms with E-state index in [0.717, 1.165) is 6.07 Å². The Hall–Kier alpha value is -2.63. The number of aliphatic hydroxyl groups excluding tert-OH is 1. The molecule has 0 unspecified atom stereocenters. The van der Waals surface area contributed by atoms with Gasteiger partial charge in [0, 0.05) is 41.9 Å². The van der Waals surface area contributed by atoms with Crippen LogP contribution in [0.1, 0.15) is 35.0 Å². The zero-order valence-corrected chi connectivity index (χ0v) is 18.6. The molecule has 0 aliphatic carbocycles. The smallest absolute Gasteiger partial charge is 0.333 e. The first kappa shape index (κ1) is 24.0. The quantitative estimate of drug-likeness (QED) is 0.370. The van der Waals surface area contributed by atoms with Crippen molar-refractivity contribution in [3.63, 3.8) is 0 Å². The summed E-state index contributed by atoms with van der Waals surface area (Å²) in [4.78, 5) is 37.4. The van der Waals surface area contributed by atoms with Crippen molar-refractivity contribution in [2.24, 2.45) is 0 Å². The third-order valence-electron chi connectivity index (χ3n) is 5.22. The summed E-state index contributed by atoms with van der Waals surface area (Å²) in [6.45, 7) is 2.14. The van der Waals surface area contributed by atoms with E-state index in [1.807, 2.05) is 0 Å². The molecule has 0 radical (unpaired) electrons. The van der Waals surface area contributed by atoms with E-state index in [1.54, 1.807) is 6.92 Å². The van der Waals surface area contributed by atoms with E-state index < -0.39 is 17.7 Å². The molecule has 1 aliphatic rings. The molecule has 1 aromatic heterocycles. The van der Waals surface area contributed by atoms with Crippen LogP contribution in [0.5, 0.6) is 0 Å². The number of amides is 1. The Morgan fingerprint density at radius 1 is 1.34 bits per heavy atom. The Bertz CT molecular complexity index is 1090. The number of nitrogens with two attached hydrogens (primary N) is 1. The minimum atomic E-state index is -0.574. The number of anilines is 1. The third kappa shape index (κ3) is 5.59. The molecule has 1 aliphatic heterocycles. The molecular formula is C21H27FN4O5S. The summed E-state index contributed by atoms with van der Waals surface area (Å²) in [5, 5.41) is 12.0. The Balaban J connectivity index is 1.51. The van der Waals surface area contributed by atoms with Crippen LogP contribution in [0.15, 0.2) is 34.0 Å². The molecular weight excluding hydrogens is 439 g/mol. The number of ether oxygens (including phenoxy) is 1. The number of hydrogen-bond donors (Lipinski definition) is 3. The number of carbonyl (C=O) groups is 1. The van der Waals surface area contributed by atoms with E-state index in [4.69, 9.17) is 10.5 Å². The standard InChI is InChI=1S/C21H27FN4O5S/c1-13-11-26(18-5-3-15(12-27)31-18)21(30)25(20(13)29)7-9-32-8-6-24-19(28)14-2-4-16(22)17(23)10-14/h2,4,10-11,15,18,27H,3,5-9,12,23H2,1H3,(H,24,28)/t15-,18+/m0/s1. The van der Waals surface area contributed by atoms with E-state index in [-0.39, 0.29) is 42.0 Å². The molecule has 9 nitrogen and oxygen atoms in total. The highest BCUT2D eigenvalue weighted by Crippen LogP contribution is 2.26. The number of nitrogens with one attached hydrogen (secondary N) is 1. The largest absolute Gasteiger partial charge is 0.396 e. The topological polar surface area (TPSA) is 129 Å². The summed E-state index contributed by atoms with van der Waals surface area (Å²) in [6.07, 6.45) is 1.96. The summed E-state index contributed by atoms with van der Waals surface area (Å²) in [6, 6.07) is 3.79. The zero-order chi connectivity index (χ0) is 23.3. The molecule has 32 heavy (non-hydrogen) atoms. The Labute approximate surface area is 188 Å². The highest BCUT2D eigenvalue weighted by atomic mass is 32.2. The Morgan fingerprint density at radius 2 is 2.12 bits per heavy atom. The summed E-state index contributed by atoms with van der Waals surface area (Å²) >= 11 is 1.48. The van der Waals surface area contributed by atoms with Gasteiger partial charge in [-0.2, -0.15) is 11.8 Å². The second-order valence-corrected chi connectivity index (χ2v) is 8.76. The van der Waals surface area contributed by atoms with Gasteiger partial charge in [0.15, 0.2) is 0 Å². The molecule has 3 rings (SSSR count). The van der Waals surface area contributed by atoms with Gasteiger partial charge in [-0.1, -0.05) is 0 Å². The number of halogens is 1. The van der Waals surface area contributed by atoms with Gasteiger partial charge < -0.3 is 20.9 Å². The zero-order valence-electron chi connectivity index (χ0n) is 17.8. The molecule has 1 fully saturated rings. The van der Waals surface area contributed by atoms with Crippen molar-refractivity contribution < 1.29 is 19.0 Å². The van der Waals surface area contributed by atoms with Crippen molar-refractivity contribution in [2.75, 3.05) is 30.4 Å². The number of thioether (sulfide) groups is 1. The molecule has 11 heteroatoms. The van der Waals surface area contributed by atoms with Crippen LogP contribution in [0, 0.1) is 12.7 Å². The van der Waals surface area contributed by atoms with Crippen molar-refractivity contribution in [1.82, 2.24) is 14.5 Å². The monoisotopic (exact) mass is 466 g/mol. The van der Waals surface area contributed by atoms with Crippen molar-refractivity contribution in [3.05, 3.63) is 62.2 Å². The van der Waals surface area contributed by atoms with E-state index >= 15 is 0 Å². The van der Waals surface area contributed by atoms with E-state index in [2.05, 4.69) is 5.32 Å². The fourth-order valence-electron chi connectivity index (χ4n) is 3.47. The predicted octanol–water partition coefficient (Wildman–Crippen LogP) is 0.873. The number of aliphatic hydroxyl groups is 1. The van der Waals surface area contributed by atoms with Crippen molar-refractivity contribution >= 4 is 23.4 Å². The minimum absolute atomic E-state index is 0.0869. The number of hydrogen-bond acceptors (Lipinski definition) is 7. The first-order chi connectivity index (χ1) is 15.3. The number of nitrogen functional groups attached to an aromatic ring is 1. The van der Waals surface area contributed by atoms with Crippen molar-refractivity contribution in [2.45, 2.75) is 38.6 Å². The van der Waals surface area contributed by atoms with Gasteiger partial charge in [-0.25, -0.2) is 9.18 Å². The lowest BCUT2D eigenvalue weighted by Gasteiger charge is -2.17. The maximum absolute atomic E-state index is 13.2. The van der Waals surface area contributed by atoms with Crippen LogP contribution >= 0.6 is 11.8 Å². The van der Waals surface area contributed by atoms with Gasteiger partial charge in [-0.05, 0) is 38.0 Å². The van der Waals surface area contributed by atoms with Crippen LogP contribution in [-0.2, 0) is 11.3 Å². The second-order valence-electron chi connectivity index (χ2n) is 7.54. The highest BCUT2D eigenvalue weighted by molar-refractivity contribution is 7.99. The lowest BCUT2D eigenvalue weighted by molar-refractivity contribution is -0.0253.